The smallest absolute Gasteiger partial charge is 0.322 e. The number of carboxylic acid groups (broad SMARTS) is 1. The van der Waals surface area contributed by atoms with Crippen LogP contribution in [0.3, 0.4) is 0 Å². The number of benzene rings is 2. The Hall–Kier alpha value is -3.42. The fourth-order valence-corrected chi connectivity index (χ4v) is 5.96. The van der Waals surface area contributed by atoms with E-state index in [-0.39, 0.29) is 30.9 Å². The number of hydrogen-bond acceptors (Lipinski definition) is 3. The second-order valence-corrected chi connectivity index (χ2v) is 10.6. The highest BCUT2D eigenvalue weighted by Gasteiger charge is 2.33. The third kappa shape index (κ3) is 7.79. The van der Waals surface area contributed by atoms with E-state index in [9.17, 15) is 18.8 Å². The number of rotatable bonds is 9. The molecule has 0 aliphatic heterocycles. The minimum atomic E-state index is -0.968. The van der Waals surface area contributed by atoms with E-state index < -0.39 is 11.8 Å². The summed E-state index contributed by atoms with van der Waals surface area (Å²) in [6.45, 7) is 0.439. The summed E-state index contributed by atoms with van der Waals surface area (Å²) in [5, 5.41) is 14.2. The monoisotopic (exact) mass is 523 g/mol. The molecule has 0 atom stereocenters. The maximum atomic E-state index is 13.7. The molecule has 2 aromatic carbocycles. The van der Waals surface area contributed by atoms with Crippen molar-refractivity contribution in [3.05, 3.63) is 65.5 Å². The largest absolute Gasteiger partial charge is 0.481 e. The van der Waals surface area contributed by atoms with Gasteiger partial charge in [0.2, 0.25) is 0 Å². The average Bonchev–Trinajstić information content (AvgIpc) is 2.92. The van der Waals surface area contributed by atoms with Gasteiger partial charge < -0.3 is 20.6 Å². The van der Waals surface area contributed by atoms with Crippen LogP contribution in [0, 0.1) is 17.7 Å². The van der Waals surface area contributed by atoms with Crippen molar-refractivity contribution in [2.24, 2.45) is 11.8 Å². The SMILES string of the molecule is O=C(O)CCNC(=O)c1ccc(CN(C(=O)Nc2cccc(F)c2)C2CCC(C3CCCCC3)CC2)cc1. The summed E-state index contributed by atoms with van der Waals surface area (Å²) in [7, 11) is 0. The fraction of sp³-hybridized carbons (Fsp3) is 0.500. The summed E-state index contributed by atoms with van der Waals surface area (Å²) < 4.78 is 13.7. The topological polar surface area (TPSA) is 98.7 Å². The Morgan fingerprint density at radius 1 is 0.895 bits per heavy atom. The third-order valence-electron chi connectivity index (χ3n) is 8.03. The lowest BCUT2D eigenvalue weighted by Gasteiger charge is -2.40. The first-order chi connectivity index (χ1) is 18.4. The van der Waals surface area contributed by atoms with Crippen molar-refractivity contribution in [2.45, 2.75) is 76.8 Å². The van der Waals surface area contributed by atoms with Gasteiger partial charge in [0.25, 0.3) is 5.91 Å². The van der Waals surface area contributed by atoms with Crippen LogP contribution in [0.5, 0.6) is 0 Å². The van der Waals surface area contributed by atoms with Gasteiger partial charge in [0.05, 0.1) is 6.42 Å². The van der Waals surface area contributed by atoms with Crippen molar-refractivity contribution in [3.8, 4) is 0 Å². The van der Waals surface area contributed by atoms with Crippen molar-refractivity contribution in [1.29, 1.82) is 0 Å². The predicted octanol–water partition coefficient (Wildman–Crippen LogP) is 6.20. The van der Waals surface area contributed by atoms with Gasteiger partial charge in [-0.25, -0.2) is 9.18 Å². The van der Waals surface area contributed by atoms with Crippen LogP contribution in [-0.4, -0.2) is 40.5 Å². The van der Waals surface area contributed by atoms with Gasteiger partial charge >= 0.3 is 12.0 Å². The molecule has 0 aromatic heterocycles. The Kier molecular flexibility index (Phi) is 9.73. The molecular weight excluding hydrogens is 485 g/mol. The first-order valence-electron chi connectivity index (χ1n) is 13.8. The number of carbonyl (C=O) groups excluding carboxylic acids is 2. The summed E-state index contributed by atoms with van der Waals surface area (Å²) in [5.74, 6) is -0.156. The van der Waals surface area contributed by atoms with Crippen LogP contribution < -0.4 is 10.6 Å². The second kappa shape index (κ2) is 13.4. The third-order valence-corrected chi connectivity index (χ3v) is 8.03. The zero-order chi connectivity index (χ0) is 26.9. The quantitative estimate of drug-likeness (QED) is 0.364. The molecule has 0 radical (unpaired) electrons. The van der Waals surface area contributed by atoms with Crippen molar-refractivity contribution >= 4 is 23.6 Å². The summed E-state index contributed by atoms with van der Waals surface area (Å²) >= 11 is 0. The minimum Gasteiger partial charge on any atom is -0.481 e. The number of amides is 3. The molecule has 0 unspecified atom stereocenters. The fourth-order valence-electron chi connectivity index (χ4n) is 5.96. The van der Waals surface area contributed by atoms with Crippen LogP contribution in [0.1, 0.15) is 80.1 Å². The molecule has 204 valence electrons. The molecule has 38 heavy (non-hydrogen) atoms. The van der Waals surface area contributed by atoms with Crippen LogP contribution in [-0.2, 0) is 11.3 Å². The van der Waals surface area contributed by atoms with Gasteiger partial charge in [-0.1, -0.05) is 50.3 Å². The van der Waals surface area contributed by atoms with Crippen molar-refractivity contribution in [3.63, 3.8) is 0 Å². The molecule has 3 amide bonds. The van der Waals surface area contributed by atoms with E-state index in [1.807, 2.05) is 17.0 Å². The van der Waals surface area contributed by atoms with E-state index in [0.717, 1.165) is 43.1 Å². The maximum Gasteiger partial charge on any atom is 0.322 e. The highest BCUT2D eigenvalue weighted by molar-refractivity contribution is 5.94. The minimum absolute atomic E-state index is 0.0630. The van der Waals surface area contributed by atoms with Crippen molar-refractivity contribution in [2.75, 3.05) is 11.9 Å². The zero-order valence-electron chi connectivity index (χ0n) is 21.8. The highest BCUT2D eigenvalue weighted by atomic mass is 19.1. The number of hydrogen-bond donors (Lipinski definition) is 3. The highest BCUT2D eigenvalue weighted by Crippen LogP contribution is 2.39. The second-order valence-electron chi connectivity index (χ2n) is 10.6. The van der Waals surface area contributed by atoms with Gasteiger partial charge in [0.1, 0.15) is 5.82 Å². The molecule has 4 rings (SSSR count). The van der Waals surface area contributed by atoms with Gasteiger partial charge in [-0.3, -0.25) is 9.59 Å². The first kappa shape index (κ1) is 27.6. The molecule has 8 heteroatoms. The number of anilines is 1. The van der Waals surface area contributed by atoms with Crippen LogP contribution in [0.4, 0.5) is 14.9 Å². The van der Waals surface area contributed by atoms with Crippen molar-refractivity contribution in [1.82, 2.24) is 10.2 Å². The summed E-state index contributed by atoms with van der Waals surface area (Å²) in [4.78, 5) is 38.3. The molecule has 2 aliphatic carbocycles. The van der Waals surface area contributed by atoms with Gasteiger partial charge in [0, 0.05) is 30.4 Å². The normalized spacial score (nSPS) is 19.9. The van der Waals surface area contributed by atoms with Gasteiger partial charge in [-0.15, -0.1) is 0 Å². The molecule has 0 saturated heterocycles. The van der Waals surface area contributed by atoms with E-state index in [0.29, 0.717) is 17.8 Å². The molecule has 2 aliphatic rings. The lowest BCUT2D eigenvalue weighted by Crippen LogP contribution is -2.44. The molecule has 3 N–H and O–H groups in total. The zero-order valence-corrected chi connectivity index (χ0v) is 21.8. The summed E-state index contributed by atoms with van der Waals surface area (Å²) in [6.07, 6.45) is 10.7. The Bertz CT molecular complexity index is 1090. The molecule has 2 saturated carbocycles. The average molecular weight is 524 g/mol. The maximum absolute atomic E-state index is 13.7. The van der Waals surface area contributed by atoms with Crippen LogP contribution >= 0.6 is 0 Å². The van der Waals surface area contributed by atoms with E-state index in [1.54, 1.807) is 24.3 Å². The molecular formula is C30H38FN3O4. The molecule has 2 aromatic rings. The number of urea groups is 1. The number of aliphatic carboxylic acids is 1. The Labute approximate surface area is 223 Å². The lowest BCUT2D eigenvalue weighted by molar-refractivity contribution is -0.136. The number of halogens is 1. The van der Waals surface area contributed by atoms with Crippen LogP contribution in [0.15, 0.2) is 48.5 Å². The van der Waals surface area contributed by atoms with E-state index in [4.69, 9.17) is 5.11 Å². The number of nitrogens with zero attached hydrogens (tertiary/aromatic N) is 1. The Morgan fingerprint density at radius 3 is 2.24 bits per heavy atom. The number of carbonyl (C=O) groups is 3. The molecule has 0 spiro atoms. The molecule has 0 heterocycles. The number of carboxylic acids is 1. The molecule has 7 nitrogen and oxygen atoms in total. The van der Waals surface area contributed by atoms with E-state index in [2.05, 4.69) is 10.6 Å². The van der Waals surface area contributed by atoms with E-state index in [1.165, 1.54) is 44.2 Å². The summed E-state index contributed by atoms with van der Waals surface area (Å²) in [5.41, 5.74) is 1.74. The predicted molar refractivity (Wildman–Crippen MR) is 144 cm³/mol. The Balaban J connectivity index is 1.42. The van der Waals surface area contributed by atoms with Gasteiger partial charge in [0.15, 0.2) is 0 Å². The van der Waals surface area contributed by atoms with Gasteiger partial charge in [-0.2, -0.15) is 0 Å². The standard InChI is InChI=1S/C30H38FN3O4/c31-25-7-4-8-26(19-25)33-30(38)34(27-15-13-23(14-16-27)22-5-2-1-3-6-22)20-21-9-11-24(12-10-21)29(37)32-18-17-28(35)36/h4,7-12,19,22-23,27H,1-3,5-6,13-18,20H2,(H,32,37)(H,33,38)(H,35,36). The van der Waals surface area contributed by atoms with Crippen molar-refractivity contribution < 1.29 is 23.9 Å². The Morgan fingerprint density at radius 2 is 1.58 bits per heavy atom. The number of nitrogens with one attached hydrogen (secondary N) is 2. The van der Waals surface area contributed by atoms with E-state index >= 15 is 0 Å². The summed E-state index contributed by atoms with van der Waals surface area (Å²) in [6, 6.07) is 12.8. The van der Waals surface area contributed by atoms with Crippen LogP contribution in [0.25, 0.3) is 0 Å². The first-order valence-corrected chi connectivity index (χ1v) is 13.8. The van der Waals surface area contributed by atoms with Gasteiger partial charge in [-0.05, 0) is 73.4 Å². The lowest BCUT2D eigenvalue weighted by atomic mass is 9.72. The van der Waals surface area contributed by atoms with Crippen LogP contribution in [0.2, 0.25) is 0 Å². The molecule has 2 fully saturated rings. The molecule has 0 bridgehead atoms.